The zero-order chi connectivity index (χ0) is 42.9. The fourth-order valence-electron chi connectivity index (χ4n) is 7.62. The van der Waals surface area contributed by atoms with Crippen LogP contribution < -0.4 is 10.0 Å². The lowest BCUT2D eigenvalue weighted by Gasteiger charge is -2.34. The number of hydrogen-bond acceptors (Lipinski definition) is 7. The van der Waals surface area contributed by atoms with Gasteiger partial charge < -0.3 is 10.4 Å². The summed E-state index contributed by atoms with van der Waals surface area (Å²) in [5.74, 6) is -4.53. The topological polar surface area (TPSA) is 144 Å². The molecule has 2 aliphatic carbocycles. The molecule has 3 aromatic heterocycles. The molecule has 11 nitrogen and oxygen atoms in total. The van der Waals surface area contributed by atoms with Gasteiger partial charge in [-0.1, -0.05) is 23.6 Å². The van der Waals surface area contributed by atoms with E-state index >= 15 is 8.78 Å². The van der Waals surface area contributed by atoms with Gasteiger partial charge in [0.25, 0.3) is 18.8 Å². The number of anilines is 1. The molecule has 0 radical (unpaired) electrons. The summed E-state index contributed by atoms with van der Waals surface area (Å²) in [5, 5.41) is 20.9. The number of aliphatic hydroxyl groups is 1. The van der Waals surface area contributed by atoms with Gasteiger partial charge in [-0.15, -0.1) is 0 Å². The van der Waals surface area contributed by atoms with Gasteiger partial charge in [-0.3, -0.25) is 18.9 Å². The van der Waals surface area contributed by atoms with Gasteiger partial charge in [0.2, 0.25) is 15.9 Å². The zero-order valence-corrected chi connectivity index (χ0v) is 32.5. The van der Waals surface area contributed by atoms with Crippen LogP contribution in [-0.2, 0) is 40.8 Å². The van der Waals surface area contributed by atoms with Gasteiger partial charge >= 0.3 is 0 Å². The van der Waals surface area contributed by atoms with Crippen molar-refractivity contribution in [3.8, 4) is 23.0 Å². The lowest BCUT2D eigenvalue weighted by Crippen LogP contribution is -2.36. The number of aromatic nitrogens is 5. The first kappa shape index (κ1) is 41.9. The fourth-order valence-corrected chi connectivity index (χ4v) is 8.36. The summed E-state index contributed by atoms with van der Waals surface area (Å²) in [6.07, 6.45) is -5.79. The van der Waals surface area contributed by atoms with E-state index in [1.165, 1.54) is 36.0 Å². The van der Waals surface area contributed by atoms with Gasteiger partial charge in [0, 0.05) is 35.7 Å². The Kier molecular flexibility index (Phi) is 10.7. The van der Waals surface area contributed by atoms with E-state index in [0.717, 1.165) is 25.3 Å². The zero-order valence-electron chi connectivity index (χ0n) is 31.0. The van der Waals surface area contributed by atoms with Crippen molar-refractivity contribution in [1.82, 2.24) is 29.9 Å². The van der Waals surface area contributed by atoms with Crippen LogP contribution in [0, 0.1) is 29.4 Å². The number of carbonyl (C=O) groups excluding carboxylic acids is 1. The molecule has 2 aromatic carbocycles. The second-order valence-corrected chi connectivity index (χ2v) is 16.8. The summed E-state index contributed by atoms with van der Waals surface area (Å²) in [4.78, 5) is 18.5. The van der Waals surface area contributed by atoms with Crippen molar-refractivity contribution in [3.63, 3.8) is 0 Å². The quantitative estimate of drug-likeness (QED) is 0.0947. The van der Waals surface area contributed by atoms with E-state index in [4.69, 9.17) is 11.6 Å². The number of benzene rings is 2. The fraction of sp³-hybridized carbons (Fsp3) is 0.368. The van der Waals surface area contributed by atoms with Crippen LogP contribution in [-0.4, -0.2) is 62.3 Å². The summed E-state index contributed by atoms with van der Waals surface area (Å²) in [6, 6.07) is 6.55. The third-order valence-electron chi connectivity index (χ3n) is 10.3. The summed E-state index contributed by atoms with van der Waals surface area (Å²) >= 11 is 6.54. The average Bonchev–Trinajstić information content (AvgIpc) is 3.67. The monoisotopic (exact) mass is 869 g/mol. The molecule has 1 fully saturated rings. The van der Waals surface area contributed by atoms with Crippen LogP contribution in [0.3, 0.4) is 0 Å². The number of pyridine rings is 1. The third-order valence-corrected chi connectivity index (χ3v) is 11.2. The van der Waals surface area contributed by atoms with Gasteiger partial charge in [0.05, 0.1) is 33.9 Å². The maximum Gasteiger partial charge on any atom is 0.293 e. The largest absolute Gasteiger partial charge is 0.372 e. The highest BCUT2D eigenvalue weighted by atomic mass is 35.5. The van der Waals surface area contributed by atoms with Crippen LogP contribution >= 0.6 is 11.6 Å². The Balaban J connectivity index is 1.40. The first-order chi connectivity index (χ1) is 27.6. The Labute approximate surface area is 335 Å². The first-order valence-electron chi connectivity index (χ1n) is 17.7. The highest BCUT2D eigenvalue weighted by Crippen LogP contribution is 2.63. The second-order valence-electron chi connectivity index (χ2n) is 14.6. The van der Waals surface area contributed by atoms with Crippen molar-refractivity contribution in [2.24, 2.45) is 13.0 Å². The summed E-state index contributed by atoms with van der Waals surface area (Å²) < 4.78 is 144. The molecule has 312 valence electrons. The normalized spacial score (nSPS) is 18.5. The second kappa shape index (κ2) is 15.1. The number of nitrogens with one attached hydrogen (secondary N) is 2. The molecule has 59 heavy (non-hydrogen) atoms. The highest BCUT2D eigenvalue weighted by Gasteiger charge is 2.62. The highest BCUT2D eigenvalue weighted by molar-refractivity contribution is 7.92. The van der Waals surface area contributed by atoms with E-state index in [1.54, 1.807) is 0 Å². The molecule has 4 unspecified atom stereocenters. The molecule has 3 N–H and O–H groups in total. The van der Waals surface area contributed by atoms with Crippen molar-refractivity contribution >= 4 is 44.3 Å². The van der Waals surface area contributed by atoms with Crippen LogP contribution in [0.15, 0.2) is 42.5 Å². The molecule has 5 aromatic rings. The SMILES string of the molecule is Cn1nc(NS(C)(=O)=O)c2c(Cl)ccc(-c3ccc(C#CC(C)(O)C(F)F)nc3C(Cc3cc(F)cc(F)c3)NC(=O)Cn3nc(C(F)F)c4c3C(F)(F)C3CCC43)c21. The van der Waals surface area contributed by atoms with E-state index in [2.05, 4.69) is 31.1 Å². The molecule has 7 rings (SSSR count). The Morgan fingerprint density at radius 1 is 1.05 bits per heavy atom. The number of alkyl halides is 6. The molecule has 21 heteroatoms. The van der Waals surface area contributed by atoms with Crippen LogP contribution in [0.1, 0.15) is 72.1 Å². The number of halogens is 9. The number of nitrogens with zero attached hydrogens (tertiary/aromatic N) is 5. The van der Waals surface area contributed by atoms with Crippen LogP contribution in [0.5, 0.6) is 0 Å². The molecule has 0 bridgehead atoms. The number of rotatable bonds is 11. The molecule has 0 aliphatic heterocycles. The lowest BCUT2D eigenvalue weighted by atomic mass is 9.73. The van der Waals surface area contributed by atoms with E-state index < -0.39 is 94.2 Å². The number of sulfonamides is 1. The maximum absolute atomic E-state index is 15.6. The van der Waals surface area contributed by atoms with Gasteiger partial charge in [-0.05, 0) is 73.9 Å². The molecule has 4 atom stereocenters. The van der Waals surface area contributed by atoms with Crippen LogP contribution in [0.4, 0.5) is 40.9 Å². The number of carbonyl (C=O) groups is 1. The van der Waals surface area contributed by atoms with E-state index in [9.17, 15) is 44.7 Å². The van der Waals surface area contributed by atoms with Gasteiger partial charge in [-0.25, -0.2) is 39.7 Å². The Hall–Kier alpha value is -5.26. The summed E-state index contributed by atoms with van der Waals surface area (Å²) in [6.45, 7) is -0.242. The number of aryl methyl sites for hydroxylation is 1. The molecule has 0 spiro atoms. The molecular formula is C38H32ClF8N7O4S. The van der Waals surface area contributed by atoms with Gasteiger partial charge in [-0.2, -0.15) is 19.0 Å². The molecule has 3 heterocycles. The number of amides is 1. The predicted molar refractivity (Wildman–Crippen MR) is 198 cm³/mol. The van der Waals surface area contributed by atoms with E-state index in [-0.39, 0.29) is 68.2 Å². The van der Waals surface area contributed by atoms with Gasteiger partial charge in [0.1, 0.15) is 35.3 Å². The van der Waals surface area contributed by atoms with Crippen molar-refractivity contribution < 1.29 is 53.4 Å². The van der Waals surface area contributed by atoms with Crippen molar-refractivity contribution in [2.45, 2.75) is 69.1 Å². The number of fused-ring (bicyclic) bond motifs is 4. The minimum absolute atomic E-state index is 0.0504. The third kappa shape index (κ3) is 7.94. The van der Waals surface area contributed by atoms with Crippen LogP contribution in [0.25, 0.3) is 22.0 Å². The smallest absolute Gasteiger partial charge is 0.293 e. The summed E-state index contributed by atoms with van der Waals surface area (Å²) in [7, 11) is -2.43. The molecule has 2 aliphatic rings. The van der Waals surface area contributed by atoms with E-state index in [0.29, 0.717) is 10.7 Å². The standard InChI is InChI=1S/C38H32ClF8N7O4S/c1-37(56,36(44)45)11-10-20-4-5-21(22-7-9-25(39)29-32(22)53(2)51-35(29)52-59(3,57)58)30(48-20)26(14-17-12-18(40)15-19(41)13-17)49-27(55)16-54-33-28(31(50-54)34(42)43)23-6-8-24(23)38(33,46)47/h4-5,7,9,12-13,15,23-24,26,34,36,56H,6,8,14,16H2,1-3H3,(H,49,55)(H,51,52). The molecule has 0 saturated heterocycles. The molecule has 1 amide bonds. The minimum atomic E-state index is -3.89. The lowest BCUT2D eigenvalue weighted by molar-refractivity contribution is -0.123. The Morgan fingerprint density at radius 2 is 1.73 bits per heavy atom. The number of hydrogen-bond donors (Lipinski definition) is 3. The minimum Gasteiger partial charge on any atom is -0.372 e. The average molecular weight is 870 g/mol. The van der Waals surface area contributed by atoms with E-state index in [1.807, 2.05) is 5.92 Å². The van der Waals surface area contributed by atoms with Crippen LogP contribution in [0.2, 0.25) is 5.02 Å². The molecular weight excluding hydrogens is 838 g/mol. The van der Waals surface area contributed by atoms with Crippen molar-refractivity contribution in [1.29, 1.82) is 0 Å². The van der Waals surface area contributed by atoms with Crippen molar-refractivity contribution in [2.75, 3.05) is 11.0 Å². The molecule has 1 saturated carbocycles. The summed E-state index contributed by atoms with van der Waals surface area (Å²) in [5.41, 5.74) is -4.67. The van der Waals surface area contributed by atoms with Crippen molar-refractivity contribution in [3.05, 3.63) is 93.0 Å². The Morgan fingerprint density at radius 3 is 2.34 bits per heavy atom. The van der Waals surface area contributed by atoms with Gasteiger partial charge in [0.15, 0.2) is 11.4 Å². The predicted octanol–water partition coefficient (Wildman–Crippen LogP) is 7.14. The maximum atomic E-state index is 15.6. The Bertz CT molecular complexity index is 2670. The first-order valence-corrected chi connectivity index (χ1v) is 20.0.